The molecule has 4 unspecified atom stereocenters. The molecule has 2 nitrogen and oxygen atoms in total. The Hall–Kier alpha value is -1.31. The maximum absolute atomic E-state index is 12.8. The van der Waals surface area contributed by atoms with E-state index in [0.29, 0.717) is 23.2 Å². The lowest BCUT2D eigenvalue weighted by molar-refractivity contribution is -0.127. The Kier molecular flexibility index (Phi) is 4.44. The van der Waals surface area contributed by atoms with Crippen LogP contribution in [0, 0.1) is 36.0 Å². The summed E-state index contributed by atoms with van der Waals surface area (Å²) in [4.78, 5) is 12.8. The summed E-state index contributed by atoms with van der Waals surface area (Å²) >= 11 is 0. The lowest BCUT2D eigenvalue weighted by atomic mass is 9.54. The van der Waals surface area contributed by atoms with Crippen molar-refractivity contribution in [3.8, 4) is 0 Å². The van der Waals surface area contributed by atoms with Gasteiger partial charge in [-0.1, -0.05) is 37.6 Å². The van der Waals surface area contributed by atoms with Crippen molar-refractivity contribution in [3.63, 3.8) is 0 Å². The second kappa shape index (κ2) is 6.39. The van der Waals surface area contributed by atoms with Crippen molar-refractivity contribution in [1.82, 2.24) is 5.32 Å². The predicted octanol–water partition coefficient (Wildman–Crippen LogP) is 5.24. The number of aryl methyl sites for hydroxylation is 2. The molecule has 6 atom stereocenters. The van der Waals surface area contributed by atoms with E-state index < -0.39 is 0 Å². The Morgan fingerprint density at radius 1 is 1.27 bits per heavy atom. The molecular weight excluding hydrogens is 318 g/mol. The second-order valence-corrected chi connectivity index (χ2v) is 9.96. The van der Waals surface area contributed by atoms with Crippen LogP contribution in [0.5, 0.6) is 0 Å². The van der Waals surface area contributed by atoms with E-state index in [9.17, 15) is 4.79 Å². The first-order chi connectivity index (χ1) is 12.3. The number of fused-ring (bicyclic) bond motifs is 5. The van der Waals surface area contributed by atoms with E-state index in [1.54, 1.807) is 11.1 Å². The average Bonchev–Trinajstić information content (AvgIpc) is 2.85. The molecule has 2 saturated carbocycles. The highest BCUT2D eigenvalue weighted by Gasteiger charge is 2.58. The van der Waals surface area contributed by atoms with E-state index >= 15 is 0 Å². The molecule has 2 fully saturated rings. The SMILES string of the molecule is Cc1ccc2c(c1)CCC1C2CC[C@@]2(C)C1CC(C(=O)NC(C)C)[C@@H]2C. The summed E-state index contributed by atoms with van der Waals surface area (Å²) in [7, 11) is 0. The van der Waals surface area contributed by atoms with Crippen LogP contribution >= 0.6 is 0 Å². The first-order valence-corrected chi connectivity index (χ1v) is 10.7. The number of hydrogen-bond acceptors (Lipinski definition) is 1. The number of rotatable bonds is 2. The molecule has 1 aromatic rings. The molecule has 0 bridgehead atoms. The molecule has 26 heavy (non-hydrogen) atoms. The standard InChI is InChI=1S/C24H35NO/c1-14(2)25-23(26)21-13-22-20-9-7-17-12-15(3)6-8-18(17)19(20)10-11-24(22,5)16(21)4/h6,8,12,14,16,19-22H,7,9-11,13H2,1-5H3,(H,25,26)/t16-,19?,20?,21?,22?,24+/m0/s1. The van der Waals surface area contributed by atoms with Gasteiger partial charge in [-0.2, -0.15) is 0 Å². The van der Waals surface area contributed by atoms with Crippen LogP contribution in [0.15, 0.2) is 18.2 Å². The van der Waals surface area contributed by atoms with Crippen molar-refractivity contribution < 1.29 is 4.79 Å². The molecule has 0 radical (unpaired) electrons. The number of carbonyl (C=O) groups excluding carboxylic acids is 1. The van der Waals surface area contributed by atoms with Gasteiger partial charge in [-0.05, 0) is 93.1 Å². The molecule has 0 heterocycles. The number of carbonyl (C=O) groups is 1. The third-order valence-corrected chi connectivity index (χ3v) is 8.24. The fourth-order valence-corrected chi connectivity index (χ4v) is 6.73. The summed E-state index contributed by atoms with van der Waals surface area (Å²) in [5.74, 6) is 3.18. The quantitative estimate of drug-likeness (QED) is 0.774. The average molecular weight is 354 g/mol. The van der Waals surface area contributed by atoms with Crippen LogP contribution in [0.25, 0.3) is 0 Å². The molecule has 0 aromatic heterocycles. The number of amides is 1. The maximum atomic E-state index is 12.8. The van der Waals surface area contributed by atoms with Crippen LogP contribution in [0.2, 0.25) is 0 Å². The monoisotopic (exact) mass is 353 g/mol. The second-order valence-electron chi connectivity index (χ2n) is 9.96. The fourth-order valence-electron chi connectivity index (χ4n) is 6.73. The van der Waals surface area contributed by atoms with Gasteiger partial charge >= 0.3 is 0 Å². The summed E-state index contributed by atoms with van der Waals surface area (Å²) in [5, 5.41) is 3.20. The van der Waals surface area contributed by atoms with Gasteiger partial charge in [0, 0.05) is 12.0 Å². The minimum atomic E-state index is 0.200. The van der Waals surface area contributed by atoms with Crippen molar-refractivity contribution in [1.29, 1.82) is 0 Å². The Balaban J connectivity index is 1.62. The van der Waals surface area contributed by atoms with E-state index in [1.807, 2.05) is 0 Å². The van der Waals surface area contributed by atoms with E-state index in [2.05, 4.69) is 58.1 Å². The van der Waals surface area contributed by atoms with Crippen LogP contribution in [0.4, 0.5) is 0 Å². The van der Waals surface area contributed by atoms with Gasteiger partial charge in [0.2, 0.25) is 5.91 Å². The molecule has 3 aliphatic carbocycles. The van der Waals surface area contributed by atoms with Crippen LogP contribution in [0.1, 0.15) is 76.0 Å². The maximum Gasteiger partial charge on any atom is 0.223 e. The van der Waals surface area contributed by atoms with Crippen molar-refractivity contribution >= 4 is 5.91 Å². The highest BCUT2D eigenvalue weighted by Crippen LogP contribution is 2.64. The van der Waals surface area contributed by atoms with E-state index in [4.69, 9.17) is 0 Å². The number of nitrogens with one attached hydrogen (secondary N) is 1. The first-order valence-electron chi connectivity index (χ1n) is 10.7. The molecule has 0 aliphatic heterocycles. The highest BCUT2D eigenvalue weighted by molar-refractivity contribution is 5.79. The highest BCUT2D eigenvalue weighted by atomic mass is 16.2. The van der Waals surface area contributed by atoms with Crippen molar-refractivity contribution in [2.75, 3.05) is 0 Å². The van der Waals surface area contributed by atoms with Gasteiger partial charge in [-0.25, -0.2) is 0 Å². The normalized spacial score (nSPS) is 38.5. The molecule has 1 amide bonds. The van der Waals surface area contributed by atoms with Gasteiger partial charge in [0.25, 0.3) is 0 Å². The molecule has 1 aromatic carbocycles. The number of hydrogen-bond donors (Lipinski definition) is 1. The lowest BCUT2D eigenvalue weighted by Gasteiger charge is -2.50. The van der Waals surface area contributed by atoms with E-state index in [1.165, 1.54) is 31.2 Å². The van der Waals surface area contributed by atoms with Gasteiger partial charge < -0.3 is 5.32 Å². The predicted molar refractivity (Wildman–Crippen MR) is 107 cm³/mol. The number of benzene rings is 1. The minimum Gasteiger partial charge on any atom is -0.354 e. The molecule has 0 saturated heterocycles. The zero-order chi connectivity index (χ0) is 18.6. The molecule has 4 rings (SSSR count). The third kappa shape index (κ3) is 2.72. The summed E-state index contributed by atoms with van der Waals surface area (Å²) in [6.07, 6.45) is 6.21. The Morgan fingerprint density at radius 3 is 2.77 bits per heavy atom. The van der Waals surface area contributed by atoms with Crippen LogP contribution in [0.3, 0.4) is 0 Å². The van der Waals surface area contributed by atoms with Crippen molar-refractivity contribution in [2.45, 2.75) is 78.7 Å². The summed E-state index contributed by atoms with van der Waals surface area (Å²) in [5.41, 5.74) is 4.94. The molecule has 2 heteroatoms. The zero-order valence-corrected chi connectivity index (χ0v) is 17.1. The summed E-state index contributed by atoms with van der Waals surface area (Å²) in [6, 6.07) is 7.36. The van der Waals surface area contributed by atoms with Gasteiger partial charge in [0.05, 0.1) is 0 Å². The van der Waals surface area contributed by atoms with Crippen LogP contribution < -0.4 is 5.32 Å². The van der Waals surface area contributed by atoms with Crippen LogP contribution in [-0.2, 0) is 11.2 Å². The Bertz CT molecular complexity index is 708. The topological polar surface area (TPSA) is 29.1 Å². The van der Waals surface area contributed by atoms with Crippen molar-refractivity contribution in [2.24, 2.45) is 29.1 Å². The molecule has 1 N–H and O–H groups in total. The summed E-state index contributed by atoms with van der Waals surface area (Å²) in [6.45, 7) is 11.2. The first kappa shape index (κ1) is 18.1. The smallest absolute Gasteiger partial charge is 0.223 e. The van der Waals surface area contributed by atoms with Gasteiger partial charge in [-0.15, -0.1) is 0 Å². The van der Waals surface area contributed by atoms with Gasteiger partial charge in [0.15, 0.2) is 0 Å². The Morgan fingerprint density at radius 2 is 2.04 bits per heavy atom. The largest absolute Gasteiger partial charge is 0.354 e. The zero-order valence-electron chi connectivity index (χ0n) is 17.1. The molecule has 0 spiro atoms. The molecule has 3 aliphatic rings. The molecule has 142 valence electrons. The lowest BCUT2D eigenvalue weighted by Crippen LogP contribution is -2.42. The minimum absolute atomic E-state index is 0.200. The van der Waals surface area contributed by atoms with Gasteiger partial charge in [0.1, 0.15) is 0 Å². The van der Waals surface area contributed by atoms with E-state index in [0.717, 1.165) is 18.3 Å². The van der Waals surface area contributed by atoms with Crippen LogP contribution in [-0.4, -0.2) is 11.9 Å². The summed E-state index contributed by atoms with van der Waals surface area (Å²) < 4.78 is 0. The fraction of sp³-hybridized carbons (Fsp3) is 0.708. The van der Waals surface area contributed by atoms with Gasteiger partial charge in [-0.3, -0.25) is 4.79 Å². The van der Waals surface area contributed by atoms with E-state index in [-0.39, 0.29) is 12.0 Å². The third-order valence-electron chi connectivity index (χ3n) is 8.24. The molecular formula is C24H35NO. The van der Waals surface area contributed by atoms with Crippen molar-refractivity contribution in [3.05, 3.63) is 34.9 Å². The Labute approximate surface area is 159 Å².